The van der Waals surface area contributed by atoms with Crippen LogP contribution in [0.3, 0.4) is 0 Å². The molecule has 3 rings (SSSR count). The van der Waals surface area contributed by atoms with E-state index in [1.165, 1.54) is 4.68 Å². The van der Waals surface area contributed by atoms with E-state index in [1.807, 2.05) is 0 Å². The highest BCUT2D eigenvalue weighted by Crippen LogP contribution is 2.32. The molecule has 21 heavy (non-hydrogen) atoms. The smallest absolute Gasteiger partial charge is 0.341 e. The zero-order valence-corrected chi connectivity index (χ0v) is 10.9. The molecule has 0 aliphatic carbocycles. The fraction of sp³-hybridized carbons (Fsp3) is 0.231. The van der Waals surface area contributed by atoms with Gasteiger partial charge in [0.05, 0.1) is 5.39 Å². The maximum Gasteiger partial charge on any atom is 0.341 e. The van der Waals surface area contributed by atoms with Crippen LogP contribution in [-0.2, 0) is 0 Å². The molecular weight excluding hydrogens is 286 g/mol. The van der Waals surface area contributed by atoms with Crippen LogP contribution in [0.4, 0.5) is 8.78 Å². The van der Waals surface area contributed by atoms with Crippen molar-refractivity contribution in [1.29, 1.82) is 0 Å². The van der Waals surface area contributed by atoms with Crippen LogP contribution in [0.1, 0.15) is 17.3 Å². The highest BCUT2D eigenvalue weighted by Gasteiger charge is 2.27. The second kappa shape index (κ2) is 4.44. The number of hydrogen-bond acceptors (Lipinski definition) is 4. The standard InChI is InChI=1S/C13H10F2N2O4/c1-2-16-5-21-12-9(15)8(14)3-6-10(12)17(16)4-7(11(6)18)13(19)20/h3-4H,2,5H2,1H3,(H,19,20). The molecule has 0 saturated carbocycles. The molecule has 2 aromatic rings. The predicted octanol–water partition coefficient (Wildman–Crippen LogP) is 1.29. The first-order valence-electron chi connectivity index (χ1n) is 6.14. The number of benzene rings is 1. The normalized spacial score (nSPS) is 13.4. The van der Waals surface area contributed by atoms with E-state index in [0.29, 0.717) is 12.6 Å². The van der Waals surface area contributed by atoms with Gasteiger partial charge in [-0.2, -0.15) is 4.39 Å². The van der Waals surface area contributed by atoms with Crippen molar-refractivity contribution in [1.82, 2.24) is 4.68 Å². The number of pyridine rings is 1. The third-order valence-electron chi connectivity index (χ3n) is 3.38. The molecule has 1 aliphatic heterocycles. The van der Waals surface area contributed by atoms with Gasteiger partial charge in [0.15, 0.2) is 18.3 Å². The van der Waals surface area contributed by atoms with Gasteiger partial charge in [0.25, 0.3) is 0 Å². The van der Waals surface area contributed by atoms with E-state index in [-0.39, 0.29) is 23.4 Å². The van der Waals surface area contributed by atoms with Crippen molar-refractivity contribution < 1.29 is 23.4 Å². The molecule has 110 valence electrons. The topological polar surface area (TPSA) is 71.8 Å². The lowest BCUT2D eigenvalue weighted by atomic mass is 10.1. The molecule has 0 bridgehead atoms. The summed E-state index contributed by atoms with van der Waals surface area (Å²) < 4.78 is 33.9. The van der Waals surface area contributed by atoms with E-state index in [9.17, 15) is 18.4 Å². The Labute approximate surface area is 116 Å². The summed E-state index contributed by atoms with van der Waals surface area (Å²) in [5, 5.41) is 10.4. The van der Waals surface area contributed by atoms with E-state index in [1.54, 1.807) is 11.9 Å². The lowest BCUT2D eigenvalue weighted by Gasteiger charge is -2.32. The monoisotopic (exact) mass is 296 g/mol. The van der Waals surface area contributed by atoms with Crippen LogP contribution in [0.15, 0.2) is 17.1 Å². The fourth-order valence-electron chi connectivity index (χ4n) is 2.34. The van der Waals surface area contributed by atoms with Crippen LogP contribution in [0.5, 0.6) is 5.75 Å². The van der Waals surface area contributed by atoms with Crippen LogP contribution in [0, 0.1) is 11.6 Å². The lowest BCUT2D eigenvalue weighted by Crippen LogP contribution is -2.42. The quantitative estimate of drug-likeness (QED) is 0.904. The Morgan fingerprint density at radius 1 is 1.48 bits per heavy atom. The maximum atomic E-state index is 13.8. The molecule has 0 amide bonds. The number of aromatic nitrogens is 1. The van der Waals surface area contributed by atoms with E-state index >= 15 is 0 Å². The summed E-state index contributed by atoms with van der Waals surface area (Å²) in [7, 11) is 0. The molecule has 8 heteroatoms. The van der Waals surface area contributed by atoms with Crippen molar-refractivity contribution in [2.45, 2.75) is 6.92 Å². The molecule has 1 aromatic carbocycles. The summed E-state index contributed by atoms with van der Waals surface area (Å²) >= 11 is 0. The van der Waals surface area contributed by atoms with Crippen LogP contribution in [0.25, 0.3) is 10.9 Å². The van der Waals surface area contributed by atoms with Gasteiger partial charge in [0.1, 0.15) is 11.1 Å². The van der Waals surface area contributed by atoms with E-state index in [2.05, 4.69) is 0 Å². The first kappa shape index (κ1) is 13.3. The number of ether oxygens (including phenoxy) is 1. The number of carboxylic acids is 1. The summed E-state index contributed by atoms with van der Waals surface area (Å²) in [5.41, 5.74) is -1.37. The maximum absolute atomic E-state index is 13.8. The number of nitrogens with zero attached hydrogens (tertiary/aromatic N) is 2. The Bertz CT molecular complexity index is 831. The minimum Gasteiger partial charge on any atom is -0.477 e. The van der Waals surface area contributed by atoms with Crippen LogP contribution in [-0.4, -0.2) is 29.0 Å². The van der Waals surface area contributed by atoms with Gasteiger partial charge in [-0.15, -0.1) is 0 Å². The zero-order valence-electron chi connectivity index (χ0n) is 10.9. The molecule has 0 atom stereocenters. The summed E-state index contributed by atoms with van der Waals surface area (Å²) in [5.74, 6) is -4.27. The molecule has 1 aromatic heterocycles. The molecule has 0 unspecified atom stereocenters. The Balaban J connectivity index is 2.53. The number of aromatic carboxylic acids is 1. The van der Waals surface area contributed by atoms with Gasteiger partial charge in [-0.05, 0) is 13.0 Å². The number of carboxylic acid groups (broad SMARTS) is 1. The molecular formula is C13H10F2N2O4. The van der Waals surface area contributed by atoms with Crippen molar-refractivity contribution in [3.63, 3.8) is 0 Å². The third kappa shape index (κ3) is 1.75. The van der Waals surface area contributed by atoms with Gasteiger partial charge < -0.3 is 9.84 Å². The largest absolute Gasteiger partial charge is 0.477 e. The van der Waals surface area contributed by atoms with Crippen LogP contribution >= 0.6 is 0 Å². The second-order valence-corrected chi connectivity index (χ2v) is 4.52. The lowest BCUT2D eigenvalue weighted by molar-refractivity contribution is 0.0694. The molecule has 6 nitrogen and oxygen atoms in total. The Morgan fingerprint density at radius 2 is 2.19 bits per heavy atom. The van der Waals surface area contributed by atoms with Gasteiger partial charge in [0.2, 0.25) is 11.2 Å². The molecule has 2 heterocycles. The Morgan fingerprint density at radius 3 is 2.81 bits per heavy atom. The van der Waals surface area contributed by atoms with E-state index in [0.717, 1.165) is 6.20 Å². The first-order chi connectivity index (χ1) is 9.95. The first-order valence-corrected chi connectivity index (χ1v) is 6.14. The molecule has 0 spiro atoms. The highest BCUT2D eigenvalue weighted by molar-refractivity contribution is 5.94. The van der Waals surface area contributed by atoms with Gasteiger partial charge >= 0.3 is 5.97 Å². The minimum atomic E-state index is -1.43. The number of hydrogen-bond donors (Lipinski definition) is 1. The van der Waals surface area contributed by atoms with Gasteiger partial charge in [0, 0.05) is 12.7 Å². The van der Waals surface area contributed by atoms with Crippen LogP contribution < -0.4 is 15.2 Å². The molecule has 0 radical (unpaired) electrons. The van der Waals surface area contributed by atoms with Gasteiger partial charge in [-0.3, -0.25) is 14.5 Å². The average Bonchev–Trinajstić information content (AvgIpc) is 2.46. The summed E-state index contributed by atoms with van der Waals surface area (Å²) in [4.78, 5) is 23.3. The molecule has 1 N–H and O–H groups in total. The molecule has 1 aliphatic rings. The third-order valence-corrected chi connectivity index (χ3v) is 3.38. The molecule has 0 saturated heterocycles. The number of carbonyl (C=O) groups is 1. The predicted molar refractivity (Wildman–Crippen MR) is 69.3 cm³/mol. The Kier molecular flexibility index (Phi) is 2.82. The number of halogens is 2. The Hall–Kier alpha value is -2.64. The number of rotatable bonds is 2. The second-order valence-electron chi connectivity index (χ2n) is 4.52. The van der Waals surface area contributed by atoms with Crippen molar-refractivity contribution >= 4 is 16.9 Å². The van der Waals surface area contributed by atoms with E-state index < -0.39 is 28.6 Å². The summed E-state index contributed by atoms with van der Waals surface area (Å²) in [6.07, 6.45) is 1.10. The van der Waals surface area contributed by atoms with Gasteiger partial charge in [-0.25, -0.2) is 9.18 Å². The van der Waals surface area contributed by atoms with Crippen LogP contribution in [0.2, 0.25) is 0 Å². The average molecular weight is 296 g/mol. The zero-order chi connectivity index (χ0) is 15.3. The van der Waals surface area contributed by atoms with Crippen molar-refractivity contribution in [2.75, 3.05) is 18.3 Å². The highest BCUT2D eigenvalue weighted by atomic mass is 19.2. The van der Waals surface area contributed by atoms with Gasteiger partial charge in [-0.1, -0.05) is 0 Å². The fourth-order valence-corrected chi connectivity index (χ4v) is 2.34. The van der Waals surface area contributed by atoms with Crippen molar-refractivity contribution in [3.05, 3.63) is 39.7 Å². The molecule has 0 fully saturated rings. The SMILES string of the molecule is CCN1COc2c(F)c(F)cc3c(=O)c(C(=O)O)cn1c23. The minimum absolute atomic E-state index is 0.0250. The van der Waals surface area contributed by atoms with Crippen molar-refractivity contribution in [3.8, 4) is 5.75 Å². The summed E-state index contributed by atoms with van der Waals surface area (Å²) in [6.45, 7) is 2.12. The van der Waals surface area contributed by atoms with E-state index in [4.69, 9.17) is 9.84 Å². The van der Waals surface area contributed by atoms with Crippen molar-refractivity contribution in [2.24, 2.45) is 0 Å². The summed E-state index contributed by atoms with van der Waals surface area (Å²) in [6, 6.07) is 0.696.